The maximum absolute atomic E-state index is 12.9. The molecule has 7 heteroatoms. The molecule has 0 bridgehead atoms. The van der Waals surface area contributed by atoms with E-state index >= 15 is 0 Å². The molecule has 0 spiro atoms. The van der Waals surface area contributed by atoms with Crippen molar-refractivity contribution in [3.63, 3.8) is 0 Å². The number of rotatable bonds is 7. The van der Waals surface area contributed by atoms with Gasteiger partial charge in [0.1, 0.15) is 0 Å². The first-order valence-electron chi connectivity index (χ1n) is 10.8. The zero-order valence-corrected chi connectivity index (χ0v) is 18.1. The van der Waals surface area contributed by atoms with Crippen molar-refractivity contribution in [2.75, 3.05) is 10.2 Å². The Bertz CT molecular complexity index is 1340. The fraction of sp³-hybridized carbons (Fsp3) is 0.111. The van der Waals surface area contributed by atoms with E-state index in [0.717, 1.165) is 22.4 Å². The number of benzene rings is 3. The summed E-state index contributed by atoms with van der Waals surface area (Å²) in [6.07, 6.45) is 3.17. The Morgan fingerprint density at radius 2 is 1.76 bits per heavy atom. The highest BCUT2D eigenvalue weighted by atomic mass is 16.4. The number of carboxylic acid groups (broad SMARTS) is 1. The molecule has 0 radical (unpaired) electrons. The van der Waals surface area contributed by atoms with Gasteiger partial charge in [0.05, 0.1) is 29.9 Å². The van der Waals surface area contributed by atoms with Gasteiger partial charge >= 0.3 is 5.97 Å². The average molecular weight is 451 g/mol. The molecule has 168 valence electrons. The molecule has 0 aliphatic carbocycles. The molecule has 3 aromatic carbocycles. The number of carbonyl (C=O) groups excluding carboxylic acids is 2. The average Bonchev–Trinajstić information content (AvgIpc) is 3.16. The zero-order valence-electron chi connectivity index (χ0n) is 18.1. The van der Waals surface area contributed by atoms with Crippen LogP contribution in [0, 0.1) is 0 Å². The van der Waals surface area contributed by atoms with E-state index in [1.807, 2.05) is 41.3 Å². The third kappa shape index (κ3) is 3.77. The Morgan fingerprint density at radius 1 is 1.03 bits per heavy atom. The maximum atomic E-state index is 12.9. The van der Waals surface area contributed by atoms with Crippen LogP contribution in [0.3, 0.4) is 0 Å². The summed E-state index contributed by atoms with van der Waals surface area (Å²) in [7, 11) is 0. The van der Waals surface area contributed by atoms with Crippen LogP contribution in [0.2, 0.25) is 0 Å². The summed E-state index contributed by atoms with van der Waals surface area (Å²) in [4.78, 5) is 41.8. The van der Waals surface area contributed by atoms with Gasteiger partial charge in [-0.05, 0) is 28.3 Å². The Hall–Kier alpha value is -4.52. The Balaban J connectivity index is 1.55. The second-order valence-electron chi connectivity index (χ2n) is 8.18. The molecule has 3 aromatic rings. The molecule has 0 aromatic heterocycles. The molecule has 5 rings (SSSR count). The fourth-order valence-corrected chi connectivity index (χ4v) is 4.65. The van der Waals surface area contributed by atoms with Crippen LogP contribution in [-0.4, -0.2) is 29.5 Å². The number of carbonyl (C=O) groups is 3. The van der Waals surface area contributed by atoms with Crippen molar-refractivity contribution in [3.05, 3.63) is 95.3 Å². The van der Waals surface area contributed by atoms with E-state index in [2.05, 4.69) is 34.6 Å². The van der Waals surface area contributed by atoms with Crippen molar-refractivity contribution >= 4 is 35.8 Å². The number of Topliss-reactive ketones (excluding diaryl/α,β-unsaturated/α-hetero) is 1. The predicted octanol–water partition coefficient (Wildman–Crippen LogP) is 4.15. The molecule has 0 saturated carbocycles. The highest BCUT2D eigenvalue weighted by Gasteiger charge is 2.41. The van der Waals surface area contributed by atoms with Gasteiger partial charge in [0, 0.05) is 24.0 Å². The Labute approximate surface area is 196 Å². The number of aliphatic carboxylic acids is 1. The number of anilines is 2. The summed E-state index contributed by atoms with van der Waals surface area (Å²) in [5.74, 6) is -1.87. The van der Waals surface area contributed by atoms with Crippen molar-refractivity contribution in [1.82, 2.24) is 0 Å². The van der Waals surface area contributed by atoms with E-state index in [9.17, 15) is 19.5 Å². The summed E-state index contributed by atoms with van der Waals surface area (Å²) < 4.78 is 0. The van der Waals surface area contributed by atoms with Gasteiger partial charge in [0.2, 0.25) is 6.41 Å². The number of hydrogen-bond donors (Lipinski definition) is 2. The van der Waals surface area contributed by atoms with Crippen LogP contribution in [0.15, 0.2) is 83.6 Å². The summed E-state index contributed by atoms with van der Waals surface area (Å²) in [5.41, 5.74) is 6.15. The minimum atomic E-state index is -1.02. The van der Waals surface area contributed by atoms with Gasteiger partial charge in [-0.3, -0.25) is 19.4 Å². The molecular weight excluding hydrogens is 430 g/mol. The quantitative estimate of drug-likeness (QED) is 0.526. The van der Waals surface area contributed by atoms with Gasteiger partial charge in [0.15, 0.2) is 5.78 Å². The number of hydrogen-bond acceptors (Lipinski definition) is 5. The predicted molar refractivity (Wildman–Crippen MR) is 130 cm³/mol. The number of amides is 1. The van der Waals surface area contributed by atoms with E-state index in [4.69, 9.17) is 0 Å². The first-order chi connectivity index (χ1) is 16.6. The summed E-state index contributed by atoms with van der Waals surface area (Å²) in [6.45, 7) is 0.492. The summed E-state index contributed by atoms with van der Waals surface area (Å²) >= 11 is 0. The van der Waals surface area contributed by atoms with Crippen molar-refractivity contribution < 1.29 is 19.5 Å². The SMILES string of the molecule is O=CNc1c(CC(=O)O)ccc2c1C1C(=O)C=NC=C1N2Cc1ccc(-c2ccccc2)cc1. The summed E-state index contributed by atoms with van der Waals surface area (Å²) in [5, 5.41) is 12.0. The van der Waals surface area contributed by atoms with Crippen molar-refractivity contribution in [3.8, 4) is 11.1 Å². The van der Waals surface area contributed by atoms with Gasteiger partial charge in [0.25, 0.3) is 0 Å². The fourth-order valence-electron chi connectivity index (χ4n) is 4.65. The van der Waals surface area contributed by atoms with Gasteiger partial charge in [-0.1, -0.05) is 60.7 Å². The van der Waals surface area contributed by atoms with Crippen LogP contribution < -0.4 is 10.2 Å². The number of nitrogens with one attached hydrogen (secondary N) is 1. The van der Waals surface area contributed by atoms with Crippen molar-refractivity contribution in [2.45, 2.75) is 18.9 Å². The van der Waals surface area contributed by atoms with Crippen molar-refractivity contribution in [2.24, 2.45) is 4.99 Å². The Kier molecular flexibility index (Phi) is 5.51. The molecule has 0 saturated heterocycles. The number of carboxylic acids is 1. The minimum absolute atomic E-state index is 0.206. The molecule has 1 atom stereocenters. The lowest BCUT2D eigenvalue weighted by Crippen LogP contribution is -2.24. The lowest BCUT2D eigenvalue weighted by atomic mass is 9.90. The van der Waals surface area contributed by atoms with Gasteiger partial charge in [-0.2, -0.15) is 0 Å². The van der Waals surface area contributed by atoms with E-state index < -0.39 is 11.9 Å². The highest BCUT2D eigenvalue weighted by molar-refractivity contribution is 6.33. The number of allylic oxidation sites excluding steroid dienone is 1. The van der Waals surface area contributed by atoms with Gasteiger partial charge in [-0.15, -0.1) is 0 Å². The van der Waals surface area contributed by atoms with Crippen LogP contribution >= 0.6 is 0 Å². The van der Waals surface area contributed by atoms with E-state index in [1.165, 1.54) is 6.21 Å². The van der Waals surface area contributed by atoms with Crippen molar-refractivity contribution in [1.29, 1.82) is 0 Å². The van der Waals surface area contributed by atoms with Gasteiger partial charge in [-0.25, -0.2) is 0 Å². The maximum Gasteiger partial charge on any atom is 0.307 e. The lowest BCUT2D eigenvalue weighted by Gasteiger charge is -2.23. The molecule has 34 heavy (non-hydrogen) atoms. The molecule has 0 fully saturated rings. The molecule has 1 amide bonds. The largest absolute Gasteiger partial charge is 0.481 e. The monoisotopic (exact) mass is 451 g/mol. The van der Waals surface area contributed by atoms with E-state index in [-0.39, 0.29) is 12.2 Å². The molecule has 2 heterocycles. The van der Waals surface area contributed by atoms with Crippen LogP contribution in [0.1, 0.15) is 22.6 Å². The molecule has 7 nitrogen and oxygen atoms in total. The lowest BCUT2D eigenvalue weighted by molar-refractivity contribution is -0.136. The standard InChI is InChI=1S/C27H21N3O4/c31-16-29-27-20(12-24(33)34)10-11-21-26(27)25-22(13-28-14-23(25)32)30(21)15-17-6-8-19(9-7-17)18-4-2-1-3-5-18/h1-11,13-14,16,25H,12,15H2,(H,29,31)(H,33,34). The van der Waals surface area contributed by atoms with E-state index in [1.54, 1.807) is 12.3 Å². The topological polar surface area (TPSA) is 99.1 Å². The second-order valence-corrected chi connectivity index (χ2v) is 8.18. The number of nitrogens with zero attached hydrogens (tertiary/aromatic N) is 2. The molecule has 2 aliphatic heterocycles. The van der Waals surface area contributed by atoms with Crippen LogP contribution in [0.4, 0.5) is 11.4 Å². The number of fused-ring (bicyclic) bond motifs is 3. The number of ketones is 1. The molecule has 1 unspecified atom stereocenters. The second kappa shape index (κ2) is 8.78. The van der Waals surface area contributed by atoms with Crippen LogP contribution in [-0.2, 0) is 27.3 Å². The first kappa shape index (κ1) is 21.3. The highest BCUT2D eigenvalue weighted by Crippen LogP contribution is 2.50. The molecule has 2 aliphatic rings. The zero-order chi connectivity index (χ0) is 23.7. The van der Waals surface area contributed by atoms with Crippen LogP contribution in [0.25, 0.3) is 11.1 Å². The first-order valence-corrected chi connectivity index (χ1v) is 10.8. The third-order valence-corrected chi connectivity index (χ3v) is 6.14. The summed E-state index contributed by atoms with van der Waals surface area (Å²) in [6, 6.07) is 21.8. The molecular formula is C27H21N3O4. The van der Waals surface area contributed by atoms with Gasteiger partial charge < -0.3 is 15.3 Å². The third-order valence-electron chi connectivity index (χ3n) is 6.14. The molecule has 2 N–H and O–H groups in total. The van der Waals surface area contributed by atoms with Crippen LogP contribution in [0.5, 0.6) is 0 Å². The Morgan fingerprint density at radius 3 is 2.47 bits per heavy atom. The van der Waals surface area contributed by atoms with E-state index in [0.29, 0.717) is 35.5 Å². The normalized spacial score (nSPS) is 16.0. The smallest absolute Gasteiger partial charge is 0.307 e. The number of aliphatic imine (C=N–C) groups is 1. The minimum Gasteiger partial charge on any atom is -0.481 e.